The van der Waals surface area contributed by atoms with Crippen LogP contribution in [0.3, 0.4) is 0 Å². The van der Waals surface area contributed by atoms with Crippen molar-refractivity contribution in [1.82, 2.24) is 9.38 Å². The van der Waals surface area contributed by atoms with Crippen LogP contribution in [0.1, 0.15) is 24.1 Å². The molecule has 37 heavy (non-hydrogen) atoms. The van der Waals surface area contributed by atoms with Gasteiger partial charge in [-0.25, -0.2) is 4.98 Å². The van der Waals surface area contributed by atoms with E-state index < -0.39 is 12.1 Å². The highest BCUT2D eigenvalue weighted by atomic mass is 32.1. The van der Waals surface area contributed by atoms with Crippen LogP contribution in [0.2, 0.25) is 0 Å². The summed E-state index contributed by atoms with van der Waals surface area (Å²) in [6.07, 6.45) is 1.03. The van der Waals surface area contributed by atoms with E-state index in [2.05, 4.69) is 15.8 Å². The summed E-state index contributed by atoms with van der Waals surface area (Å²) in [5, 5.41) is 10.5. The summed E-state index contributed by atoms with van der Waals surface area (Å²) in [5.74, 6) is 0.581. The highest BCUT2D eigenvalue weighted by molar-refractivity contribution is 7.15. The van der Waals surface area contributed by atoms with E-state index in [1.807, 2.05) is 0 Å². The molecule has 0 aliphatic carbocycles. The van der Waals surface area contributed by atoms with Crippen LogP contribution in [0.25, 0.3) is 28.2 Å². The van der Waals surface area contributed by atoms with Crippen molar-refractivity contribution in [3.63, 3.8) is 0 Å². The number of methoxy groups -OCH3 is 1. The van der Waals surface area contributed by atoms with Gasteiger partial charge in [0.25, 0.3) is 5.56 Å². The number of ether oxygens (including phenoxy) is 3. The molecule has 7 nitrogen and oxygen atoms in total. The Morgan fingerprint density at radius 1 is 1.16 bits per heavy atom. The molecule has 0 aliphatic rings. The SMILES string of the molecule is COc1cccc(C=Cc2nc3sccn3c(=O)c2-c2ccc(OC(F)(F)F)cc2)c1OCCCC#N. The van der Waals surface area contributed by atoms with E-state index >= 15 is 0 Å². The van der Waals surface area contributed by atoms with Gasteiger partial charge in [0, 0.05) is 23.6 Å². The number of rotatable bonds is 9. The zero-order valence-electron chi connectivity index (χ0n) is 19.5. The van der Waals surface area contributed by atoms with E-state index in [1.165, 1.54) is 35.0 Å². The number of nitriles is 1. The van der Waals surface area contributed by atoms with Crippen molar-refractivity contribution < 1.29 is 27.4 Å². The molecule has 0 saturated heterocycles. The molecule has 0 radical (unpaired) electrons. The van der Waals surface area contributed by atoms with Crippen LogP contribution in [0.15, 0.2) is 58.8 Å². The summed E-state index contributed by atoms with van der Waals surface area (Å²) in [6.45, 7) is 0.313. The number of halogens is 3. The Morgan fingerprint density at radius 3 is 2.65 bits per heavy atom. The third-order valence-corrected chi connectivity index (χ3v) is 5.96. The number of unbranched alkanes of at least 4 members (excludes halogenated alkanes) is 1. The number of aromatic nitrogens is 2. The first-order valence-electron chi connectivity index (χ1n) is 11.0. The highest BCUT2D eigenvalue weighted by Gasteiger charge is 2.31. The Balaban J connectivity index is 1.76. The molecular formula is C26H20F3N3O4S. The van der Waals surface area contributed by atoms with Crippen LogP contribution >= 0.6 is 11.3 Å². The lowest BCUT2D eigenvalue weighted by Gasteiger charge is -2.13. The number of benzene rings is 2. The predicted molar refractivity (Wildman–Crippen MR) is 134 cm³/mol. The van der Waals surface area contributed by atoms with E-state index in [-0.39, 0.29) is 11.1 Å². The third-order valence-electron chi connectivity index (χ3n) is 5.20. The molecule has 0 unspecified atom stereocenters. The second-order valence-corrected chi connectivity index (χ2v) is 8.50. The second-order valence-electron chi connectivity index (χ2n) is 7.63. The molecule has 4 aromatic rings. The van der Waals surface area contributed by atoms with E-state index in [0.717, 1.165) is 12.1 Å². The molecule has 0 fully saturated rings. The van der Waals surface area contributed by atoms with Gasteiger partial charge in [0.1, 0.15) is 5.75 Å². The minimum atomic E-state index is -4.82. The lowest BCUT2D eigenvalue weighted by atomic mass is 10.0. The van der Waals surface area contributed by atoms with Crippen molar-refractivity contribution in [2.24, 2.45) is 0 Å². The van der Waals surface area contributed by atoms with Gasteiger partial charge in [-0.1, -0.05) is 24.3 Å². The fraction of sp³-hybridized carbons (Fsp3) is 0.192. The number of fused-ring (bicyclic) bond motifs is 1. The summed E-state index contributed by atoms with van der Waals surface area (Å²) < 4.78 is 54.3. The fourth-order valence-electron chi connectivity index (χ4n) is 3.59. The first-order chi connectivity index (χ1) is 17.8. The molecule has 2 aromatic carbocycles. The summed E-state index contributed by atoms with van der Waals surface area (Å²) >= 11 is 1.28. The zero-order valence-corrected chi connectivity index (χ0v) is 20.3. The van der Waals surface area contributed by atoms with Crippen LogP contribution in [0, 0.1) is 11.3 Å². The van der Waals surface area contributed by atoms with Gasteiger partial charge in [0.15, 0.2) is 16.5 Å². The molecule has 2 aromatic heterocycles. The van der Waals surface area contributed by atoms with Crippen LogP contribution in [0.4, 0.5) is 13.2 Å². The Bertz CT molecular complexity index is 1520. The van der Waals surface area contributed by atoms with Crippen molar-refractivity contribution in [3.05, 3.63) is 75.7 Å². The largest absolute Gasteiger partial charge is 0.573 e. The number of alkyl halides is 3. The zero-order chi connectivity index (χ0) is 26.4. The first-order valence-corrected chi connectivity index (χ1v) is 11.9. The van der Waals surface area contributed by atoms with Crippen LogP contribution in [0.5, 0.6) is 17.2 Å². The predicted octanol–water partition coefficient (Wildman–Crippen LogP) is 6.18. The molecule has 11 heteroatoms. The second kappa shape index (κ2) is 11.2. The molecule has 0 bridgehead atoms. The molecule has 4 rings (SSSR count). The molecule has 0 atom stereocenters. The first kappa shape index (κ1) is 25.8. The number of hydrogen-bond acceptors (Lipinski definition) is 7. The smallest absolute Gasteiger partial charge is 0.493 e. The maximum atomic E-state index is 13.3. The number of nitrogens with zero attached hydrogens (tertiary/aromatic N) is 3. The summed E-state index contributed by atoms with van der Waals surface area (Å²) in [6, 6.07) is 12.5. The van der Waals surface area contributed by atoms with Gasteiger partial charge in [-0.2, -0.15) is 5.26 Å². The molecule has 0 saturated carbocycles. The van der Waals surface area contributed by atoms with Gasteiger partial charge in [-0.3, -0.25) is 9.20 Å². The van der Waals surface area contributed by atoms with E-state index in [0.29, 0.717) is 52.7 Å². The van der Waals surface area contributed by atoms with E-state index in [9.17, 15) is 18.0 Å². The average molecular weight is 528 g/mol. The van der Waals surface area contributed by atoms with Gasteiger partial charge in [-0.15, -0.1) is 24.5 Å². The van der Waals surface area contributed by atoms with Crippen molar-refractivity contribution >= 4 is 28.4 Å². The molecule has 2 heterocycles. The Labute approximate surface area is 213 Å². The van der Waals surface area contributed by atoms with Crippen molar-refractivity contribution in [1.29, 1.82) is 5.26 Å². The number of hydrogen-bond donors (Lipinski definition) is 0. The highest BCUT2D eigenvalue weighted by Crippen LogP contribution is 2.33. The van der Waals surface area contributed by atoms with Crippen molar-refractivity contribution in [3.8, 4) is 34.4 Å². The normalized spacial score (nSPS) is 11.5. The maximum Gasteiger partial charge on any atom is 0.573 e. The fourth-order valence-corrected chi connectivity index (χ4v) is 4.30. The summed E-state index contributed by atoms with van der Waals surface area (Å²) in [5.41, 5.74) is 1.21. The van der Waals surface area contributed by atoms with Crippen molar-refractivity contribution in [2.75, 3.05) is 13.7 Å². The van der Waals surface area contributed by atoms with Gasteiger partial charge < -0.3 is 14.2 Å². The molecule has 0 N–H and O–H groups in total. The molecule has 0 aliphatic heterocycles. The quantitative estimate of drug-likeness (QED) is 0.242. The van der Waals surface area contributed by atoms with Crippen LogP contribution in [-0.4, -0.2) is 29.5 Å². The topological polar surface area (TPSA) is 85.8 Å². The lowest BCUT2D eigenvalue weighted by molar-refractivity contribution is -0.274. The van der Waals surface area contributed by atoms with Crippen LogP contribution in [-0.2, 0) is 0 Å². The molecule has 190 valence electrons. The lowest BCUT2D eigenvalue weighted by Crippen LogP contribution is -2.18. The Kier molecular flexibility index (Phi) is 7.79. The van der Waals surface area contributed by atoms with Gasteiger partial charge in [0.2, 0.25) is 0 Å². The van der Waals surface area contributed by atoms with Gasteiger partial charge >= 0.3 is 6.36 Å². The Hall–Kier alpha value is -4.30. The molecule has 0 amide bonds. The number of thiazole rings is 1. The maximum absolute atomic E-state index is 13.3. The van der Waals surface area contributed by atoms with E-state index in [1.54, 1.807) is 41.9 Å². The molecular weight excluding hydrogens is 507 g/mol. The summed E-state index contributed by atoms with van der Waals surface area (Å²) in [4.78, 5) is 18.4. The summed E-state index contributed by atoms with van der Waals surface area (Å²) in [7, 11) is 1.52. The standard InChI is InChI=1S/C26H20F3N3O4S/c1-34-21-6-4-5-18(23(21)35-15-3-2-13-30)9-12-20-22(24(33)32-14-16-37-25(32)31-20)17-7-10-19(11-8-17)36-26(27,28)29/h4-12,14,16H,2-3,15H2,1H3. The monoisotopic (exact) mass is 527 g/mol. The van der Waals surface area contributed by atoms with Gasteiger partial charge in [-0.05, 0) is 42.3 Å². The third kappa shape index (κ3) is 6.10. The van der Waals surface area contributed by atoms with Crippen LogP contribution < -0.4 is 19.8 Å². The average Bonchev–Trinajstić information content (AvgIpc) is 3.34. The van der Waals surface area contributed by atoms with E-state index in [4.69, 9.17) is 14.7 Å². The van der Waals surface area contributed by atoms with Gasteiger partial charge in [0.05, 0.1) is 31.0 Å². The minimum Gasteiger partial charge on any atom is -0.493 e. The minimum absolute atomic E-state index is 0.213. The number of para-hydroxylation sites is 1. The van der Waals surface area contributed by atoms with Crippen molar-refractivity contribution in [2.45, 2.75) is 19.2 Å². The molecule has 0 spiro atoms. The Morgan fingerprint density at radius 2 is 1.95 bits per heavy atom.